The van der Waals surface area contributed by atoms with Crippen LogP contribution in [0.4, 0.5) is 11.4 Å². The Labute approximate surface area is 156 Å². The Bertz CT molecular complexity index is 888. The molecule has 0 spiro atoms. The van der Waals surface area contributed by atoms with Crippen LogP contribution >= 0.6 is 0 Å². The lowest BCUT2D eigenvalue weighted by atomic mass is 10.0. The topological polar surface area (TPSA) is 66.5 Å². The summed E-state index contributed by atoms with van der Waals surface area (Å²) in [4.78, 5) is 12.4. The lowest BCUT2D eigenvalue weighted by molar-refractivity contribution is -0.114. The predicted octanol–water partition coefficient (Wildman–Crippen LogP) is 3.83. The highest BCUT2D eigenvalue weighted by atomic mass is 32.2. The van der Waals surface area contributed by atoms with Crippen LogP contribution in [-0.4, -0.2) is 27.1 Å². The van der Waals surface area contributed by atoms with E-state index in [1.807, 2.05) is 44.2 Å². The average Bonchev–Trinajstić information content (AvgIpc) is 2.54. The summed E-state index contributed by atoms with van der Waals surface area (Å²) in [5, 5.41) is 2.79. The first kappa shape index (κ1) is 20.0. The molecule has 0 aliphatic heterocycles. The number of nitrogens with one attached hydrogen (secondary N) is 1. The molecular weight excluding hydrogens is 348 g/mol. The first-order chi connectivity index (χ1) is 12.1. The van der Waals surface area contributed by atoms with Gasteiger partial charge in [-0.25, -0.2) is 8.42 Å². The molecule has 2 rings (SSSR count). The van der Waals surface area contributed by atoms with Crippen LogP contribution in [0.15, 0.2) is 42.5 Å². The number of hydrogen-bond donors (Lipinski definition) is 1. The van der Waals surface area contributed by atoms with Gasteiger partial charge in [-0.05, 0) is 49.1 Å². The normalized spacial score (nSPS) is 11.5. The van der Waals surface area contributed by atoms with Crippen molar-refractivity contribution in [2.24, 2.45) is 0 Å². The number of anilines is 2. The van der Waals surface area contributed by atoms with Gasteiger partial charge in [-0.1, -0.05) is 43.7 Å². The van der Waals surface area contributed by atoms with Crippen molar-refractivity contribution in [1.29, 1.82) is 0 Å². The maximum Gasteiger partial charge on any atom is 0.245 e. The number of rotatable bonds is 6. The van der Waals surface area contributed by atoms with Crippen molar-refractivity contribution >= 4 is 27.3 Å². The van der Waals surface area contributed by atoms with Crippen molar-refractivity contribution in [1.82, 2.24) is 0 Å². The summed E-state index contributed by atoms with van der Waals surface area (Å²) in [7, 11) is -3.58. The van der Waals surface area contributed by atoms with Gasteiger partial charge in [-0.15, -0.1) is 0 Å². The zero-order chi connectivity index (χ0) is 19.5. The van der Waals surface area contributed by atoms with Crippen molar-refractivity contribution < 1.29 is 13.2 Å². The summed E-state index contributed by atoms with van der Waals surface area (Å²) in [6.07, 6.45) is 1.10. The molecule has 1 N–H and O–H groups in total. The fraction of sp³-hybridized carbons (Fsp3) is 0.350. The standard InChI is InChI=1S/C20H26N2O3S/c1-14(2)17-7-9-18(10-8-17)22(26(5,24)25)13-20(23)21-19-11-6-15(3)12-16(19)4/h6-12,14H,13H2,1-5H3,(H,21,23). The first-order valence-electron chi connectivity index (χ1n) is 8.52. The molecule has 0 aromatic heterocycles. The van der Waals surface area contributed by atoms with Gasteiger partial charge in [-0.2, -0.15) is 0 Å². The average molecular weight is 375 g/mol. The lowest BCUT2D eigenvalue weighted by Gasteiger charge is -2.22. The van der Waals surface area contributed by atoms with Crippen LogP contribution in [0.25, 0.3) is 0 Å². The summed E-state index contributed by atoms with van der Waals surface area (Å²) >= 11 is 0. The van der Waals surface area contributed by atoms with E-state index in [4.69, 9.17) is 0 Å². The minimum atomic E-state index is -3.58. The fourth-order valence-electron chi connectivity index (χ4n) is 2.70. The largest absolute Gasteiger partial charge is 0.324 e. The SMILES string of the molecule is Cc1ccc(NC(=O)CN(c2ccc(C(C)C)cc2)S(C)(=O)=O)c(C)c1. The molecule has 0 heterocycles. The van der Waals surface area contributed by atoms with Gasteiger partial charge in [0.1, 0.15) is 6.54 Å². The number of aryl methyl sites for hydroxylation is 2. The monoisotopic (exact) mass is 374 g/mol. The Balaban J connectivity index is 2.21. The Morgan fingerprint density at radius 3 is 2.19 bits per heavy atom. The number of amides is 1. The van der Waals surface area contributed by atoms with Crippen molar-refractivity contribution in [2.75, 3.05) is 22.4 Å². The smallest absolute Gasteiger partial charge is 0.245 e. The van der Waals surface area contributed by atoms with Crippen molar-refractivity contribution in [2.45, 2.75) is 33.6 Å². The molecule has 1 amide bonds. The summed E-state index contributed by atoms with van der Waals surface area (Å²) in [6, 6.07) is 12.9. The van der Waals surface area contributed by atoms with E-state index < -0.39 is 10.0 Å². The molecule has 0 atom stereocenters. The highest BCUT2D eigenvalue weighted by Gasteiger charge is 2.21. The maximum atomic E-state index is 12.4. The van der Waals surface area contributed by atoms with E-state index in [1.54, 1.807) is 12.1 Å². The Kier molecular flexibility index (Phi) is 6.08. The molecule has 0 saturated carbocycles. The molecule has 0 bridgehead atoms. The molecule has 0 aliphatic carbocycles. The number of carbonyl (C=O) groups is 1. The van der Waals surface area contributed by atoms with Crippen molar-refractivity contribution in [3.63, 3.8) is 0 Å². The minimum absolute atomic E-state index is 0.271. The molecule has 0 unspecified atom stereocenters. The molecule has 0 radical (unpaired) electrons. The highest BCUT2D eigenvalue weighted by molar-refractivity contribution is 7.92. The molecule has 0 saturated heterocycles. The number of nitrogens with zero attached hydrogens (tertiary/aromatic N) is 1. The van der Waals surface area contributed by atoms with E-state index in [0.29, 0.717) is 17.3 Å². The number of hydrogen-bond acceptors (Lipinski definition) is 3. The van der Waals surface area contributed by atoms with Crippen LogP contribution < -0.4 is 9.62 Å². The van der Waals surface area contributed by atoms with Gasteiger partial charge in [0.2, 0.25) is 15.9 Å². The molecule has 0 aliphatic rings. The third-order valence-corrected chi connectivity index (χ3v) is 5.33. The molecule has 2 aromatic carbocycles. The quantitative estimate of drug-likeness (QED) is 0.835. The number of carbonyl (C=O) groups excluding carboxylic acids is 1. The third-order valence-electron chi connectivity index (χ3n) is 4.19. The molecule has 140 valence electrons. The number of benzene rings is 2. The zero-order valence-corrected chi connectivity index (χ0v) is 16.7. The van der Waals surface area contributed by atoms with Gasteiger partial charge in [-0.3, -0.25) is 9.10 Å². The van der Waals surface area contributed by atoms with E-state index in [0.717, 1.165) is 27.3 Å². The van der Waals surface area contributed by atoms with E-state index in [2.05, 4.69) is 19.2 Å². The van der Waals surface area contributed by atoms with Crippen molar-refractivity contribution in [3.05, 3.63) is 59.2 Å². The summed E-state index contributed by atoms with van der Waals surface area (Å²) < 4.78 is 25.5. The molecule has 0 fully saturated rings. The van der Waals surface area contributed by atoms with Crippen LogP contribution in [0, 0.1) is 13.8 Å². The lowest BCUT2D eigenvalue weighted by Crippen LogP contribution is -2.37. The fourth-order valence-corrected chi connectivity index (χ4v) is 3.56. The number of sulfonamides is 1. The van der Waals surface area contributed by atoms with E-state index in [-0.39, 0.29) is 12.5 Å². The second-order valence-corrected chi connectivity index (χ2v) is 8.79. The molecular formula is C20H26N2O3S. The van der Waals surface area contributed by atoms with E-state index >= 15 is 0 Å². The van der Waals surface area contributed by atoms with Gasteiger partial charge in [0.15, 0.2) is 0 Å². The summed E-state index contributed by atoms with van der Waals surface area (Å²) in [5.74, 6) is -0.0288. The van der Waals surface area contributed by atoms with Gasteiger partial charge in [0, 0.05) is 5.69 Å². The third kappa shape index (κ3) is 5.08. The van der Waals surface area contributed by atoms with Crippen molar-refractivity contribution in [3.8, 4) is 0 Å². The zero-order valence-electron chi connectivity index (χ0n) is 15.9. The van der Waals surface area contributed by atoms with Crippen LogP contribution in [-0.2, 0) is 14.8 Å². The Hall–Kier alpha value is -2.34. The second-order valence-electron chi connectivity index (χ2n) is 6.88. The van der Waals surface area contributed by atoms with Crippen LogP contribution in [0.2, 0.25) is 0 Å². The van der Waals surface area contributed by atoms with Crippen LogP contribution in [0.5, 0.6) is 0 Å². The second kappa shape index (κ2) is 7.91. The van der Waals surface area contributed by atoms with Gasteiger partial charge < -0.3 is 5.32 Å². The Morgan fingerprint density at radius 2 is 1.69 bits per heavy atom. The minimum Gasteiger partial charge on any atom is -0.324 e. The first-order valence-corrected chi connectivity index (χ1v) is 10.4. The molecule has 6 heteroatoms. The van der Waals surface area contributed by atoms with Gasteiger partial charge >= 0.3 is 0 Å². The van der Waals surface area contributed by atoms with Gasteiger partial charge in [0.05, 0.1) is 11.9 Å². The molecule has 26 heavy (non-hydrogen) atoms. The Morgan fingerprint density at radius 1 is 1.08 bits per heavy atom. The highest BCUT2D eigenvalue weighted by Crippen LogP contribution is 2.22. The summed E-state index contributed by atoms with van der Waals surface area (Å²) in [5.41, 5.74) is 4.31. The van der Waals surface area contributed by atoms with Gasteiger partial charge in [0.25, 0.3) is 0 Å². The van der Waals surface area contributed by atoms with Crippen LogP contribution in [0.3, 0.4) is 0 Å². The maximum absolute atomic E-state index is 12.4. The van der Waals surface area contributed by atoms with E-state index in [1.165, 1.54) is 0 Å². The van der Waals surface area contributed by atoms with Crippen LogP contribution in [0.1, 0.15) is 36.5 Å². The molecule has 2 aromatic rings. The predicted molar refractivity (Wildman–Crippen MR) is 107 cm³/mol. The van der Waals surface area contributed by atoms with E-state index in [9.17, 15) is 13.2 Å². The summed E-state index contributed by atoms with van der Waals surface area (Å²) in [6.45, 7) is 7.75. The molecule has 5 nitrogen and oxygen atoms in total.